The second-order valence-electron chi connectivity index (χ2n) is 10.7. The second-order valence-corrected chi connectivity index (χ2v) is 10.7. The van der Waals surface area contributed by atoms with E-state index in [-0.39, 0.29) is 11.9 Å². The number of aromatic nitrogens is 2. The Labute approximate surface area is 214 Å². The van der Waals surface area contributed by atoms with Gasteiger partial charge in [0.15, 0.2) is 0 Å². The van der Waals surface area contributed by atoms with Crippen LogP contribution in [0.3, 0.4) is 0 Å². The molecule has 0 spiro atoms. The van der Waals surface area contributed by atoms with Gasteiger partial charge in [0.25, 0.3) is 0 Å². The molecule has 192 valence electrons. The van der Waals surface area contributed by atoms with Crippen LogP contribution >= 0.6 is 0 Å². The smallest absolute Gasteiger partial charge is 0.222 e. The van der Waals surface area contributed by atoms with Gasteiger partial charge in [0.05, 0.1) is 11.0 Å². The Balaban J connectivity index is 1.40. The van der Waals surface area contributed by atoms with Gasteiger partial charge in [-0.1, -0.05) is 56.7 Å². The lowest BCUT2D eigenvalue weighted by Gasteiger charge is -2.34. The van der Waals surface area contributed by atoms with Crippen molar-refractivity contribution in [2.24, 2.45) is 5.92 Å². The van der Waals surface area contributed by atoms with E-state index >= 15 is 0 Å². The molecule has 1 aromatic heterocycles. The van der Waals surface area contributed by atoms with Crippen molar-refractivity contribution >= 4 is 22.9 Å². The molecule has 2 aromatic carbocycles. The minimum Gasteiger partial charge on any atom is -0.457 e. The van der Waals surface area contributed by atoms with Gasteiger partial charge in [-0.3, -0.25) is 4.79 Å². The van der Waals surface area contributed by atoms with Crippen molar-refractivity contribution in [3.8, 4) is 11.5 Å². The van der Waals surface area contributed by atoms with Crippen molar-refractivity contribution in [3.63, 3.8) is 0 Å². The van der Waals surface area contributed by atoms with Crippen LogP contribution in [0.2, 0.25) is 0 Å². The molecular formula is C30H40N4O2. The standard InChI is InChI=1S/C30H40N4O2/c1-33(23-13-7-3-8-14-23)29(35)20-19-27(22-11-5-2-6-12-22)34-28-21-25(17-18-26(28)32-30(34)31)36-24-15-9-4-10-16-24/h4,9-10,15-18,21-23,27H,2-3,5-8,11-14,19-20H2,1H3,(H2,31,32)/t27-/m0/s1. The summed E-state index contributed by atoms with van der Waals surface area (Å²) in [6.45, 7) is 0. The molecule has 2 N–H and O–H groups in total. The van der Waals surface area contributed by atoms with E-state index in [0.717, 1.165) is 41.8 Å². The number of imidazole rings is 1. The Kier molecular flexibility index (Phi) is 7.78. The summed E-state index contributed by atoms with van der Waals surface area (Å²) in [5, 5.41) is 0. The van der Waals surface area contributed by atoms with Gasteiger partial charge >= 0.3 is 0 Å². The zero-order chi connectivity index (χ0) is 24.9. The van der Waals surface area contributed by atoms with Gasteiger partial charge < -0.3 is 19.9 Å². The van der Waals surface area contributed by atoms with E-state index in [2.05, 4.69) is 10.6 Å². The van der Waals surface area contributed by atoms with Gasteiger partial charge in [0.2, 0.25) is 11.9 Å². The summed E-state index contributed by atoms with van der Waals surface area (Å²) < 4.78 is 8.34. The molecule has 6 nitrogen and oxygen atoms in total. The molecule has 0 radical (unpaired) electrons. The summed E-state index contributed by atoms with van der Waals surface area (Å²) in [6, 6.07) is 16.4. The number of carbonyl (C=O) groups is 1. The van der Waals surface area contributed by atoms with E-state index in [4.69, 9.17) is 15.5 Å². The summed E-state index contributed by atoms with van der Waals surface area (Å²) >= 11 is 0. The van der Waals surface area contributed by atoms with Crippen LogP contribution < -0.4 is 10.5 Å². The van der Waals surface area contributed by atoms with Crippen LogP contribution in [0, 0.1) is 5.92 Å². The maximum absolute atomic E-state index is 13.3. The molecule has 2 aliphatic rings. The molecule has 6 heteroatoms. The van der Waals surface area contributed by atoms with Gasteiger partial charge in [0.1, 0.15) is 11.5 Å². The van der Waals surface area contributed by atoms with E-state index in [1.165, 1.54) is 51.4 Å². The predicted molar refractivity (Wildman–Crippen MR) is 145 cm³/mol. The van der Waals surface area contributed by atoms with Crippen LogP contribution in [0.5, 0.6) is 11.5 Å². The van der Waals surface area contributed by atoms with Crippen LogP contribution in [0.25, 0.3) is 11.0 Å². The molecule has 1 heterocycles. The molecule has 0 aliphatic heterocycles. The summed E-state index contributed by atoms with van der Waals surface area (Å²) in [7, 11) is 2.00. The number of fused-ring (bicyclic) bond motifs is 1. The summed E-state index contributed by atoms with van der Waals surface area (Å²) in [5.41, 5.74) is 8.43. The lowest BCUT2D eigenvalue weighted by Crippen LogP contribution is -2.38. The first kappa shape index (κ1) is 24.7. The minimum atomic E-state index is 0.158. The van der Waals surface area contributed by atoms with E-state index in [1.807, 2.05) is 54.4 Å². The molecule has 0 bridgehead atoms. The van der Waals surface area contributed by atoms with Gasteiger partial charge in [0, 0.05) is 31.6 Å². The molecule has 3 aromatic rings. The first-order valence-corrected chi connectivity index (χ1v) is 13.9. The number of rotatable bonds is 8. The monoisotopic (exact) mass is 488 g/mol. The number of ether oxygens (including phenoxy) is 1. The third-order valence-electron chi connectivity index (χ3n) is 8.36. The maximum atomic E-state index is 13.3. The SMILES string of the molecule is CN(C(=O)CC[C@@H](C1CCCCC1)n1c(N)nc2ccc(Oc3ccccc3)cc21)C1CCCCC1. The Morgan fingerprint density at radius 1 is 1.00 bits per heavy atom. The molecule has 0 unspecified atom stereocenters. The lowest BCUT2D eigenvalue weighted by molar-refractivity contribution is -0.132. The number of anilines is 1. The molecule has 1 amide bonds. The van der Waals surface area contributed by atoms with E-state index in [0.29, 0.717) is 24.3 Å². The van der Waals surface area contributed by atoms with Gasteiger partial charge in [-0.2, -0.15) is 0 Å². The van der Waals surface area contributed by atoms with E-state index < -0.39 is 0 Å². The van der Waals surface area contributed by atoms with Crippen LogP contribution in [0.1, 0.15) is 83.1 Å². The average molecular weight is 489 g/mol. The number of nitrogens with two attached hydrogens (primary N) is 1. The summed E-state index contributed by atoms with van der Waals surface area (Å²) in [6.07, 6.45) is 13.5. The minimum absolute atomic E-state index is 0.158. The predicted octanol–water partition coefficient (Wildman–Crippen LogP) is 7.10. The Morgan fingerprint density at radius 2 is 1.69 bits per heavy atom. The lowest BCUT2D eigenvalue weighted by atomic mass is 9.82. The van der Waals surface area contributed by atoms with Crippen molar-refractivity contribution in [2.45, 2.75) is 89.1 Å². The van der Waals surface area contributed by atoms with Crippen LogP contribution in [-0.4, -0.2) is 33.4 Å². The first-order chi connectivity index (χ1) is 17.6. The molecule has 2 aliphatic carbocycles. The maximum Gasteiger partial charge on any atom is 0.222 e. The molecule has 5 rings (SSSR count). The third kappa shape index (κ3) is 5.53. The molecule has 36 heavy (non-hydrogen) atoms. The largest absolute Gasteiger partial charge is 0.457 e. The van der Waals surface area contributed by atoms with Crippen molar-refractivity contribution in [1.82, 2.24) is 14.5 Å². The topological polar surface area (TPSA) is 73.4 Å². The highest BCUT2D eigenvalue weighted by Gasteiger charge is 2.30. The highest BCUT2D eigenvalue weighted by Crippen LogP contribution is 2.40. The van der Waals surface area contributed by atoms with E-state index in [1.54, 1.807) is 0 Å². The Hall–Kier alpha value is -3.02. The third-order valence-corrected chi connectivity index (χ3v) is 8.36. The van der Waals surface area contributed by atoms with Gasteiger partial charge in [-0.15, -0.1) is 0 Å². The number of para-hydroxylation sites is 1. The van der Waals surface area contributed by atoms with Gasteiger partial charge in [-0.05, 0) is 62.3 Å². The summed E-state index contributed by atoms with van der Waals surface area (Å²) in [5.74, 6) is 2.87. The highest BCUT2D eigenvalue weighted by molar-refractivity contribution is 5.80. The fourth-order valence-corrected chi connectivity index (χ4v) is 6.34. The van der Waals surface area contributed by atoms with Crippen molar-refractivity contribution in [3.05, 3.63) is 48.5 Å². The number of amides is 1. The molecule has 0 saturated heterocycles. The number of nitrogens with zero attached hydrogens (tertiary/aromatic N) is 3. The molecular weight excluding hydrogens is 448 g/mol. The average Bonchev–Trinajstić information content (AvgIpc) is 3.25. The fourth-order valence-electron chi connectivity index (χ4n) is 6.34. The molecule has 2 fully saturated rings. The second kappa shape index (κ2) is 11.4. The van der Waals surface area contributed by atoms with E-state index in [9.17, 15) is 4.79 Å². The first-order valence-electron chi connectivity index (χ1n) is 13.9. The normalized spacial score (nSPS) is 18.2. The zero-order valence-electron chi connectivity index (χ0n) is 21.6. The fraction of sp³-hybridized carbons (Fsp3) is 0.533. The highest BCUT2D eigenvalue weighted by atomic mass is 16.5. The Morgan fingerprint density at radius 3 is 2.42 bits per heavy atom. The quantitative estimate of drug-likeness (QED) is 0.367. The van der Waals surface area contributed by atoms with Crippen molar-refractivity contribution in [2.75, 3.05) is 12.8 Å². The number of benzene rings is 2. The van der Waals surface area contributed by atoms with Crippen LogP contribution in [0.15, 0.2) is 48.5 Å². The number of carbonyl (C=O) groups excluding carboxylic acids is 1. The van der Waals surface area contributed by atoms with Gasteiger partial charge in [-0.25, -0.2) is 4.98 Å². The van der Waals surface area contributed by atoms with Crippen molar-refractivity contribution in [1.29, 1.82) is 0 Å². The zero-order valence-corrected chi connectivity index (χ0v) is 21.6. The number of hydrogen-bond donors (Lipinski definition) is 1. The Bertz CT molecular complexity index is 1150. The number of hydrogen-bond acceptors (Lipinski definition) is 4. The van der Waals surface area contributed by atoms with Crippen LogP contribution in [-0.2, 0) is 4.79 Å². The molecule has 2 saturated carbocycles. The van der Waals surface area contributed by atoms with Crippen LogP contribution in [0.4, 0.5) is 5.95 Å². The number of nitrogen functional groups attached to an aromatic ring is 1. The van der Waals surface area contributed by atoms with Crippen molar-refractivity contribution < 1.29 is 9.53 Å². The molecule has 1 atom stereocenters. The summed E-state index contributed by atoms with van der Waals surface area (Å²) in [4.78, 5) is 20.0.